The molecule has 0 radical (unpaired) electrons. The number of nitrogens with one attached hydrogen (secondary N) is 1. The van der Waals surface area contributed by atoms with Gasteiger partial charge in [-0.1, -0.05) is 18.2 Å². The summed E-state index contributed by atoms with van der Waals surface area (Å²) in [6.45, 7) is 4.08. The lowest BCUT2D eigenvalue weighted by molar-refractivity contribution is -0.138. The molecule has 0 fully saturated rings. The fourth-order valence-corrected chi connectivity index (χ4v) is 2.69. The first-order valence-corrected chi connectivity index (χ1v) is 7.06. The Hall–Kier alpha value is -1.40. The third-order valence-corrected chi connectivity index (χ3v) is 3.93. The van der Waals surface area contributed by atoms with Crippen LogP contribution in [0.1, 0.15) is 34.8 Å². The van der Waals surface area contributed by atoms with E-state index in [-0.39, 0.29) is 5.56 Å². The largest absolute Gasteiger partial charge is 0.416 e. The molecule has 6 heteroatoms. The fourth-order valence-electron chi connectivity index (χ4n) is 1.97. The zero-order chi connectivity index (χ0) is 14.8. The van der Waals surface area contributed by atoms with E-state index in [0.717, 1.165) is 16.8 Å². The van der Waals surface area contributed by atoms with Gasteiger partial charge in [-0.3, -0.25) is 0 Å². The van der Waals surface area contributed by atoms with Gasteiger partial charge in [-0.05, 0) is 25.5 Å². The summed E-state index contributed by atoms with van der Waals surface area (Å²) >= 11 is 1.50. The summed E-state index contributed by atoms with van der Waals surface area (Å²) in [6.07, 6.45) is -4.33. The molecule has 2 nitrogen and oxygen atoms in total. The summed E-state index contributed by atoms with van der Waals surface area (Å²) < 4.78 is 38.8. The molecule has 1 unspecified atom stereocenters. The standard InChI is InChI=1S/C14H15F3N2S/c1-9-8-20-13(19-9)7-18-10(2)11-5-3-4-6-12(11)14(15,16)17/h3-6,8,10,18H,7H2,1-2H3. The van der Waals surface area contributed by atoms with Crippen LogP contribution in [0, 0.1) is 6.92 Å². The van der Waals surface area contributed by atoms with E-state index >= 15 is 0 Å². The highest BCUT2D eigenvalue weighted by atomic mass is 32.1. The smallest absolute Gasteiger partial charge is 0.304 e. The molecule has 0 aliphatic rings. The summed E-state index contributed by atoms with van der Waals surface area (Å²) in [5.74, 6) is 0. The maximum absolute atomic E-state index is 12.9. The van der Waals surface area contributed by atoms with Crippen LogP contribution in [0.5, 0.6) is 0 Å². The molecule has 2 rings (SSSR count). The summed E-state index contributed by atoms with van der Waals surface area (Å²) in [4.78, 5) is 4.28. The van der Waals surface area contributed by atoms with Crippen LogP contribution in [0.15, 0.2) is 29.6 Å². The molecule has 0 aliphatic carbocycles. The molecule has 0 saturated carbocycles. The molecule has 0 spiro atoms. The van der Waals surface area contributed by atoms with Crippen LogP contribution < -0.4 is 5.32 Å². The van der Waals surface area contributed by atoms with Gasteiger partial charge in [0.1, 0.15) is 5.01 Å². The lowest BCUT2D eigenvalue weighted by atomic mass is 10.0. The number of benzene rings is 1. The molecule has 0 saturated heterocycles. The van der Waals surface area contributed by atoms with Crippen molar-refractivity contribution in [1.82, 2.24) is 10.3 Å². The number of rotatable bonds is 4. The van der Waals surface area contributed by atoms with Gasteiger partial charge in [0, 0.05) is 23.7 Å². The number of aryl methyl sites for hydroxylation is 1. The van der Waals surface area contributed by atoms with Crippen LogP contribution in [0.2, 0.25) is 0 Å². The van der Waals surface area contributed by atoms with Crippen molar-refractivity contribution in [2.24, 2.45) is 0 Å². The lowest BCUT2D eigenvalue weighted by Crippen LogP contribution is -2.21. The zero-order valence-corrected chi connectivity index (χ0v) is 12.0. The quantitative estimate of drug-likeness (QED) is 0.909. The zero-order valence-electron chi connectivity index (χ0n) is 11.2. The summed E-state index contributed by atoms with van der Waals surface area (Å²) in [5.41, 5.74) is 0.596. The molecule has 108 valence electrons. The van der Waals surface area contributed by atoms with Gasteiger partial charge in [0.2, 0.25) is 0 Å². The Kier molecular flexibility index (Phi) is 4.45. The van der Waals surface area contributed by atoms with Crippen molar-refractivity contribution in [3.8, 4) is 0 Å². The number of hydrogen-bond acceptors (Lipinski definition) is 3. The van der Waals surface area contributed by atoms with Gasteiger partial charge in [0.25, 0.3) is 0 Å². The third-order valence-electron chi connectivity index (χ3n) is 2.96. The first-order valence-electron chi connectivity index (χ1n) is 6.18. The monoisotopic (exact) mass is 300 g/mol. The summed E-state index contributed by atoms with van der Waals surface area (Å²) in [7, 11) is 0. The predicted octanol–water partition coefficient (Wildman–Crippen LogP) is 4.32. The number of halogens is 3. The van der Waals surface area contributed by atoms with E-state index in [0.29, 0.717) is 6.54 Å². The Bertz CT molecular complexity index is 578. The first kappa shape index (κ1) is 15.0. The summed E-state index contributed by atoms with van der Waals surface area (Å²) in [5, 5.41) is 5.88. The Morgan fingerprint density at radius 1 is 1.30 bits per heavy atom. The number of aromatic nitrogens is 1. The van der Waals surface area contributed by atoms with Crippen LogP contribution in [0.3, 0.4) is 0 Å². The van der Waals surface area contributed by atoms with Crippen LogP contribution >= 0.6 is 11.3 Å². The van der Waals surface area contributed by atoms with E-state index in [1.807, 2.05) is 12.3 Å². The number of hydrogen-bond donors (Lipinski definition) is 1. The van der Waals surface area contributed by atoms with Gasteiger partial charge in [-0.2, -0.15) is 13.2 Å². The molecule has 2 aromatic rings. The predicted molar refractivity (Wildman–Crippen MR) is 73.5 cm³/mol. The lowest BCUT2D eigenvalue weighted by Gasteiger charge is -2.19. The van der Waals surface area contributed by atoms with Crippen molar-refractivity contribution in [2.75, 3.05) is 0 Å². The second kappa shape index (κ2) is 5.93. The van der Waals surface area contributed by atoms with Crippen molar-refractivity contribution < 1.29 is 13.2 Å². The Labute approximate surface area is 119 Å². The summed E-state index contributed by atoms with van der Waals surface area (Å²) in [6, 6.07) is 5.26. The molecule has 0 bridgehead atoms. The molecule has 1 aromatic carbocycles. The highest BCUT2D eigenvalue weighted by molar-refractivity contribution is 7.09. The van der Waals surface area contributed by atoms with Crippen LogP contribution in [0.25, 0.3) is 0 Å². The highest BCUT2D eigenvalue weighted by Gasteiger charge is 2.34. The van der Waals surface area contributed by atoms with Gasteiger partial charge >= 0.3 is 6.18 Å². The van der Waals surface area contributed by atoms with E-state index < -0.39 is 17.8 Å². The van der Waals surface area contributed by atoms with Crippen LogP contribution in [0.4, 0.5) is 13.2 Å². The molecule has 0 aliphatic heterocycles. The minimum Gasteiger partial charge on any atom is -0.304 e. The van der Waals surface area contributed by atoms with E-state index in [1.165, 1.54) is 23.5 Å². The normalized spacial score (nSPS) is 13.4. The third kappa shape index (κ3) is 3.58. The minimum atomic E-state index is -4.33. The fraction of sp³-hybridized carbons (Fsp3) is 0.357. The minimum absolute atomic E-state index is 0.258. The number of thiazole rings is 1. The van der Waals surface area contributed by atoms with Crippen LogP contribution in [-0.4, -0.2) is 4.98 Å². The van der Waals surface area contributed by atoms with Gasteiger partial charge in [-0.15, -0.1) is 11.3 Å². The average Bonchev–Trinajstić information content (AvgIpc) is 2.81. The van der Waals surface area contributed by atoms with Crippen molar-refractivity contribution in [3.05, 3.63) is 51.5 Å². The maximum Gasteiger partial charge on any atom is 0.416 e. The number of alkyl halides is 3. The SMILES string of the molecule is Cc1csc(CNC(C)c2ccccc2C(F)(F)F)n1. The van der Waals surface area contributed by atoms with Gasteiger partial charge in [0.15, 0.2) is 0 Å². The van der Waals surface area contributed by atoms with E-state index in [1.54, 1.807) is 13.0 Å². The van der Waals surface area contributed by atoms with Gasteiger partial charge in [-0.25, -0.2) is 4.98 Å². The van der Waals surface area contributed by atoms with Crippen molar-refractivity contribution in [3.63, 3.8) is 0 Å². The number of nitrogens with zero attached hydrogens (tertiary/aromatic N) is 1. The Morgan fingerprint density at radius 3 is 2.60 bits per heavy atom. The van der Waals surface area contributed by atoms with E-state index in [2.05, 4.69) is 10.3 Å². The molecule has 1 N–H and O–H groups in total. The van der Waals surface area contributed by atoms with Gasteiger partial charge in [0.05, 0.1) is 5.56 Å². The van der Waals surface area contributed by atoms with Gasteiger partial charge < -0.3 is 5.32 Å². The maximum atomic E-state index is 12.9. The van der Waals surface area contributed by atoms with Crippen LogP contribution in [-0.2, 0) is 12.7 Å². The molecule has 1 heterocycles. The van der Waals surface area contributed by atoms with Crippen molar-refractivity contribution >= 4 is 11.3 Å². The Balaban J connectivity index is 2.11. The molecule has 1 aromatic heterocycles. The Morgan fingerprint density at radius 2 is 2.00 bits per heavy atom. The molecular weight excluding hydrogens is 285 g/mol. The average molecular weight is 300 g/mol. The first-order chi connectivity index (χ1) is 9.38. The van der Waals surface area contributed by atoms with Crippen molar-refractivity contribution in [2.45, 2.75) is 32.6 Å². The molecule has 1 atom stereocenters. The molecular formula is C14H15F3N2S. The highest BCUT2D eigenvalue weighted by Crippen LogP contribution is 2.34. The van der Waals surface area contributed by atoms with E-state index in [9.17, 15) is 13.2 Å². The molecule has 0 amide bonds. The molecule has 20 heavy (non-hydrogen) atoms. The second-order valence-electron chi connectivity index (χ2n) is 4.57. The van der Waals surface area contributed by atoms with Crippen molar-refractivity contribution in [1.29, 1.82) is 0 Å². The topological polar surface area (TPSA) is 24.9 Å². The second-order valence-corrected chi connectivity index (χ2v) is 5.51. The van der Waals surface area contributed by atoms with E-state index in [4.69, 9.17) is 0 Å².